The van der Waals surface area contributed by atoms with Gasteiger partial charge < -0.3 is 14.6 Å². The van der Waals surface area contributed by atoms with Gasteiger partial charge in [0, 0.05) is 17.7 Å². The van der Waals surface area contributed by atoms with Crippen LogP contribution < -0.4 is 5.32 Å². The number of anilines is 1. The van der Waals surface area contributed by atoms with E-state index in [9.17, 15) is 14.9 Å². The van der Waals surface area contributed by atoms with Crippen LogP contribution in [0.25, 0.3) is 0 Å². The molecule has 25 heavy (non-hydrogen) atoms. The first-order valence-corrected chi connectivity index (χ1v) is 7.87. The normalized spacial score (nSPS) is 11.9. The van der Waals surface area contributed by atoms with Gasteiger partial charge in [-0.3, -0.25) is 10.1 Å². The largest absolute Gasteiger partial charge is 0.465 e. The predicted octanol–water partition coefficient (Wildman–Crippen LogP) is 3.68. The second-order valence-corrected chi connectivity index (χ2v) is 6.06. The molecule has 0 radical (unpaired) electrons. The number of esters is 1. The molecule has 0 spiro atoms. The summed E-state index contributed by atoms with van der Waals surface area (Å²) in [5.74, 6) is -0.0249. The fourth-order valence-corrected chi connectivity index (χ4v) is 2.75. The van der Waals surface area contributed by atoms with Gasteiger partial charge in [-0.05, 0) is 33.3 Å². The van der Waals surface area contributed by atoms with E-state index >= 15 is 0 Å². The quantitative estimate of drug-likeness (QED) is 0.471. The number of aromatic nitrogens is 1. The zero-order valence-corrected chi connectivity index (χ0v) is 15.0. The molecule has 2 rings (SSSR count). The summed E-state index contributed by atoms with van der Waals surface area (Å²) < 4.78 is 9.71. The third-order valence-corrected chi connectivity index (χ3v) is 4.09. The summed E-state index contributed by atoms with van der Waals surface area (Å²) in [5.41, 5.74) is 1.64. The number of hydrogen-bond donors (Lipinski definition) is 1. The maximum atomic E-state index is 11.7. The van der Waals surface area contributed by atoms with Gasteiger partial charge in [0.15, 0.2) is 0 Å². The van der Waals surface area contributed by atoms with Crippen LogP contribution in [0.2, 0.25) is 5.02 Å². The Morgan fingerprint density at radius 3 is 2.68 bits per heavy atom. The number of nitro benzene ring substituents is 1. The summed E-state index contributed by atoms with van der Waals surface area (Å²) in [4.78, 5) is 22.4. The van der Waals surface area contributed by atoms with Crippen molar-refractivity contribution in [1.82, 2.24) is 5.16 Å². The number of benzene rings is 1. The van der Waals surface area contributed by atoms with Crippen LogP contribution >= 0.6 is 11.6 Å². The molecule has 134 valence electrons. The van der Waals surface area contributed by atoms with Crippen LogP contribution in [0.1, 0.15) is 34.3 Å². The zero-order chi connectivity index (χ0) is 18.7. The van der Waals surface area contributed by atoms with Gasteiger partial charge in [-0.1, -0.05) is 16.8 Å². The van der Waals surface area contributed by atoms with Gasteiger partial charge in [-0.2, -0.15) is 0 Å². The topological polar surface area (TPSA) is 108 Å². The van der Waals surface area contributed by atoms with Crippen molar-refractivity contribution in [1.29, 1.82) is 0 Å². The maximum absolute atomic E-state index is 11.7. The molecule has 2 aromatic rings. The fraction of sp³-hybridized carbons (Fsp3) is 0.375. The Morgan fingerprint density at radius 2 is 2.16 bits per heavy atom. The molecule has 0 amide bonds. The van der Waals surface area contributed by atoms with Crippen LogP contribution in [0.4, 0.5) is 11.4 Å². The summed E-state index contributed by atoms with van der Waals surface area (Å²) >= 11 is 6.07. The second-order valence-electron chi connectivity index (χ2n) is 5.65. The van der Waals surface area contributed by atoms with Gasteiger partial charge in [0.2, 0.25) is 0 Å². The van der Waals surface area contributed by atoms with Crippen LogP contribution in [-0.4, -0.2) is 29.2 Å². The molecule has 8 nitrogen and oxygen atoms in total. The van der Waals surface area contributed by atoms with Gasteiger partial charge in [0.25, 0.3) is 5.69 Å². The van der Waals surface area contributed by atoms with Gasteiger partial charge in [-0.25, -0.2) is 4.79 Å². The van der Waals surface area contributed by atoms with Crippen LogP contribution in [0, 0.1) is 24.0 Å². The van der Waals surface area contributed by atoms with E-state index in [1.165, 1.54) is 13.2 Å². The molecule has 1 aromatic carbocycles. The predicted molar refractivity (Wildman–Crippen MR) is 92.2 cm³/mol. The Hall–Kier alpha value is -2.61. The van der Waals surface area contributed by atoms with E-state index < -0.39 is 10.9 Å². The van der Waals surface area contributed by atoms with E-state index in [4.69, 9.17) is 16.1 Å². The number of nitrogens with one attached hydrogen (secondary N) is 1. The average Bonchev–Trinajstić information content (AvgIpc) is 2.85. The minimum atomic E-state index is -0.733. The summed E-state index contributed by atoms with van der Waals surface area (Å²) in [5, 5.41) is 18.4. The number of aryl methyl sites for hydroxylation is 2. The third-order valence-electron chi connectivity index (χ3n) is 3.78. The lowest BCUT2D eigenvalue weighted by molar-refractivity contribution is -0.384. The molecule has 1 N–H and O–H groups in total. The maximum Gasteiger partial charge on any atom is 0.339 e. The molecule has 1 aromatic heterocycles. The summed E-state index contributed by atoms with van der Waals surface area (Å²) in [6.45, 7) is 5.52. The standard InChI is InChI=1S/C16H18ClN3O5/c1-8(5-11-9(2)19-25-10(11)3)18-14-7-13(17)12(16(21)24-4)6-15(14)20(22)23/h6-8,18H,5H2,1-4H3. The van der Waals surface area contributed by atoms with E-state index in [-0.39, 0.29) is 28.0 Å². The molecule has 1 heterocycles. The van der Waals surface area contributed by atoms with Gasteiger partial charge in [0.1, 0.15) is 11.4 Å². The van der Waals surface area contributed by atoms with E-state index in [2.05, 4.69) is 15.2 Å². The van der Waals surface area contributed by atoms with Crippen molar-refractivity contribution >= 4 is 28.9 Å². The van der Waals surface area contributed by atoms with Crippen LogP contribution in [0.5, 0.6) is 0 Å². The average molecular weight is 368 g/mol. The minimum absolute atomic E-state index is 0.0557. The number of halogens is 1. The number of carbonyl (C=O) groups excluding carboxylic acids is 1. The van der Waals surface area contributed by atoms with Crippen molar-refractivity contribution in [3.05, 3.63) is 49.9 Å². The smallest absolute Gasteiger partial charge is 0.339 e. The van der Waals surface area contributed by atoms with Crippen molar-refractivity contribution in [3.8, 4) is 0 Å². The molecular weight excluding hydrogens is 350 g/mol. The first-order chi connectivity index (χ1) is 11.7. The van der Waals surface area contributed by atoms with Crippen molar-refractivity contribution in [2.45, 2.75) is 33.2 Å². The lowest BCUT2D eigenvalue weighted by Crippen LogP contribution is -2.20. The van der Waals surface area contributed by atoms with E-state index in [1.54, 1.807) is 0 Å². The monoisotopic (exact) mass is 367 g/mol. The lowest BCUT2D eigenvalue weighted by Gasteiger charge is -2.16. The summed E-state index contributed by atoms with van der Waals surface area (Å²) in [7, 11) is 1.18. The van der Waals surface area contributed by atoms with Gasteiger partial charge >= 0.3 is 5.97 Å². The number of ether oxygens (including phenoxy) is 1. The van der Waals surface area contributed by atoms with Crippen molar-refractivity contribution in [2.75, 3.05) is 12.4 Å². The molecule has 0 fully saturated rings. The first-order valence-electron chi connectivity index (χ1n) is 7.49. The number of hydrogen-bond acceptors (Lipinski definition) is 7. The highest BCUT2D eigenvalue weighted by molar-refractivity contribution is 6.34. The number of nitrogens with zero attached hydrogens (tertiary/aromatic N) is 2. The first kappa shape index (κ1) is 18.7. The third kappa shape index (κ3) is 4.08. The zero-order valence-electron chi connectivity index (χ0n) is 14.3. The molecular formula is C16H18ClN3O5. The number of methoxy groups -OCH3 is 1. The Bertz CT molecular complexity index is 799. The van der Waals surface area contributed by atoms with Crippen LogP contribution in [0.3, 0.4) is 0 Å². The highest BCUT2D eigenvalue weighted by Gasteiger charge is 2.23. The van der Waals surface area contributed by atoms with E-state index in [0.29, 0.717) is 12.2 Å². The molecule has 0 aliphatic heterocycles. The molecule has 9 heteroatoms. The lowest BCUT2D eigenvalue weighted by atomic mass is 10.0. The molecule has 0 aliphatic rings. The second kappa shape index (κ2) is 7.52. The van der Waals surface area contributed by atoms with E-state index in [0.717, 1.165) is 17.3 Å². The molecule has 0 saturated heterocycles. The van der Waals surface area contributed by atoms with Gasteiger partial charge in [0.05, 0.1) is 28.3 Å². The number of carbonyl (C=O) groups is 1. The molecule has 0 bridgehead atoms. The van der Waals surface area contributed by atoms with Crippen LogP contribution in [-0.2, 0) is 11.2 Å². The van der Waals surface area contributed by atoms with Crippen molar-refractivity contribution < 1.29 is 19.0 Å². The van der Waals surface area contributed by atoms with Crippen LogP contribution in [0.15, 0.2) is 16.7 Å². The van der Waals surface area contributed by atoms with Gasteiger partial charge in [-0.15, -0.1) is 0 Å². The SMILES string of the molecule is COC(=O)c1cc([N+](=O)[O-])c(NC(C)Cc2c(C)noc2C)cc1Cl. The minimum Gasteiger partial charge on any atom is -0.465 e. The Morgan fingerprint density at radius 1 is 1.48 bits per heavy atom. The summed E-state index contributed by atoms with van der Waals surface area (Å²) in [6, 6.07) is 2.31. The molecule has 0 aliphatic carbocycles. The highest BCUT2D eigenvalue weighted by atomic mass is 35.5. The molecule has 0 saturated carbocycles. The molecule has 1 unspecified atom stereocenters. The molecule has 1 atom stereocenters. The Labute approximate surface area is 149 Å². The highest BCUT2D eigenvalue weighted by Crippen LogP contribution is 2.32. The van der Waals surface area contributed by atoms with Crippen molar-refractivity contribution in [2.24, 2.45) is 0 Å². The number of nitro groups is 1. The van der Waals surface area contributed by atoms with E-state index in [1.807, 2.05) is 20.8 Å². The van der Waals surface area contributed by atoms with Crippen molar-refractivity contribution in [3.63, 3.8) is 0 Å². The fourth-order valence-electron chi connectivity index (χ4n) is 2.51. The Balaban J connectivity index is 2.30. The summed E-state index contributed by atoms with van der Waals surface area (Å²) in [6.07, 6.45) is 0.564. The Kier molecular flexibility index (Phi) is 5.63. The number of rotatable bonds is 6.